The van der Waals surface area contributed by atoms with Crippen molar-refractivity contribution in [2.45, 2.75) is 43.5 Å². The smallest absolute Gasteiger partial charge is 0.260 e. The summed E-state index contributed by atoms with van der Waals surface area (Å²) in [5.41, 5.74) is 1.84. The Morgan fingerprint density at radius 1 is 1.19 bits per heavy atom. The number of benzene rings is 1. The van der Waals surface area contributed by atoms with Gasteiger partial charge in [-0.3, -0.25) is 9.79 Å². The van der Waals surface area contributed by atoms with Crippen molar-refractivity contribution < 1.29 is 22.0 Å². The second-order valence-corrected chi connectivity index (χ2v) is 12.7. The number of aromatic amines is 1. The molecule has 1 aromatic carbocycles. The maximum atomic E-state index is 13.3. The van der Waals surface area contributed by atoms with E-state index in [1.165, 1.54) is 6.07 Å². The lowest BCUT2D eigenvalue weighted by Gasteiger charge is -2.14. The molecule has 1 amide bonds. The largest absolute Gasteiger partial charge is 0.352 e. The van der Waals surface area contributed by atoms with E-state index in [1.807, 2.05) is 13.8 Å². The van der Waals surface area contributed by atoms with E-state index in [4.69, 9.17) is 0 Å². The molecule has 1 aliphatic carbocycles. The number of amides is 1. The second kappa shape index (κ2) is 8.23. The highest BCUT2D eigenvalue weighted by Crippen LogP contribution is 2.49. The summed E-state index contributed by atoms with van der Waals surface area (Å²) in [5, 5.41) is 6.30. The molecule has 3 N–H and O–H groups in total. The predicted octanol–water partition coefficient (Wildman–Crippen LogP) is 4.28. The number of aliphatic imine (C=N–C) groups is 1. The van der Waals surface area contributed by atoms with Gasteiger partial charge in [0.05, 0.1) is 26.9 Å². The Hall–Kier alpha value is -3.06. The fourth-order valence-electron chi connectivity index (χ4n) is 3.92. The van der Waals surface area contributed by atoms with E-state index in [0.29, 0.717) is 33.9 Å². The molecular weight excluding hydrogens is 510 g/mol. The molecule has 1 fully saturated rings. The van der Waals surface area contributed by atoms with Crippen molar-refractivity contribution in [3.8, 4) is 0 Å². The molecule has 3 heterocycles. The molecule has 1 aliphatic heterocycles. The lowest BCUT2D eigenvalue weighted by molar-refractivity contribution is -0.119. The first-order valence-electron chi connectivity index (χ1n) is 11.1. The van der Waals surface area contributed by atoms with Gasteiger partial charge in [0.25, 0.3) is 5.92 Å². The molecule has 0 bridgehead atoms. The third kappa shape index (κ3) is 4.81. The molecule has 13 heteroatoms. The third-order valence-corrected chi connectivity index (χ3v) is 8.42. The number of carbonyl (C=O) groups is 1. The number of anilines is 3. The Labute approximate surface area is 210 Å². The van der Waals surface area contributed by atoms with E-state index in [2.05, 4.69) is 30.6 Å². The van der Waals surface area contributed by atoms with Gasteiger partial charge in [0.2, 0.25) is 5.91 Å². The maximum absolute atomic E-state index is 13.3. The van der Waals surface area contributed by atoms with Crippen molar-refractivity contribution >= 4 is 60.9 Å². The van der Waals surface area contributed by atoms with Crippen molar-refractivity contribution in [3.63, 3.8) is 0 Å². The molecule has 0 spiro atoms. The van der Waals surface area contributed by atoms with Crippen LogP contribution in [0.5, 0.6) is 0 Å². The maximum Gasteiger partial charge on any atom is 0.260 e. The summed E-state index contributed by atoms with van der Waals surface area (Å²) >= 11 is 1.57. The summed E-state index contributed by atoms with van der Waals surface area (Å²) in [7, 11) is -3.65. The van der Waals surface area contributed by atoms with Gasteiger partial charge < -0.3 is 15.6 Å². The number of rotatable bonds is 6. The number of sulfone groups is 1. The van der Waals surface area contributed by atoms with Gasteiger partial charge in [-0.05, 0) is 32.9 Å². The molecule has 36 heavy (non-hydrogen) atoms. The number of H-pyrrole nitrogens is 1. The van der Waals surface area contributed by atoms with Gasteiger partial charge in [-0.25, -0.2) is 27.2 Å². The van der Waals surface area contributed by atoms with Crippen LogP contribution in [0, 0.1) is 12.8 Å². The lowest BCUT2D eigenvalue weighted by Crippen LogP contribution is -2.18. The molecule has 1 saturated carbocycles. The highest BCUT2D eigenvalue weighted by atomic mass is 32.2. The van der Waals surface area contributed by atoms with Crippen molar-refractivity contribution in [2.75, 3.05) is 22.6 Å². The minimum absolute atomic E-state index is 0.0396. The lowest BCUT2D eigenvalue weighted by atomic mass is 10.1. The van der Waals surface area contributed by atoms with Crippen molar-refractivity contribution in [2.24, 2.45) is 10.9 Å². The van der Waals surface area contributed by atoms with E-state index < -0.39 is 34.0 Å². The van der Waals surface area contributed by atoms with Crippen LogP contribution in [0.1, 0.15) is 31.7 Å². The Balaban J connectivity index is 1.53. The van der Waals surface area contributed by atoms with E-state index in [9.17, 15) is 22.0 Å². The summed E-state index contributed by atoms with van der Waals surface area (Å²) in [6, 6.07) is 6.46. The monoisotopic (exact) mass is 534 g/mol. The zero-order chi connectivity index (χ0) is 26.0. The number of hydrogen-bond acceptors (Lipinski definition) is 8. The van der Waals surface area contributed by atoms with Crippen LogP contribution in [0.3, 0.4) is 0 Å². The van der Waals surface area contributed by atoms with E-state index in [-0.39, 0.29) is 16.3 Å². The fourth-order valence-corrected chi connectivity index (χ4v) is 5.94. The fraction of sp³-hybridized carbons (Fsp3) is 0.391. The number of hydrogen-bond donors (Lipinski definition) is 3. The average Bonchev–Trinajstić information content (AvgIpc) is 3.05. The molecule has 0 saturated heterocycles. The van der Waals surface area contributed by atoms with Crippen LogP contribution in [0.25, 0.3) is 11.2 Å². The van der Waals surface area contributed by atoms with Crippen LogP contribution in [0.15, 0.2) is 34.2 Å². The minimum Gasteiger partial charge on any atom is -0.352 e. The molecule has 2 aromatic heterocycles. The molecule has 2 aliphatic rings. The number of halogens is 2. The highest BCUT2D eigenvalue weighted by Gasteiger charge is 2.61. The van der Waals surface area contributed by atoms with E-state index in [1.54, 1.807) is 36.9 Å². The van der Waals surface area contributed by atoms with Gasteiger partial charge in [0, 0.05) is 30.1 Å². The number of nitrogens with one attached hydrogen (secondary N) is 3. The standard InChI is InChI=1S/C23H24F2N6O3S2/c1-11-26-18-15(8-17(29-19(18)27-11)30-20(32)13-9-23(13,24)25)28-14-6-5-12(7-16(14)36(4,33)34)21-31-22(2,3)10-35-21/h5-8,13H,9-10H2,1-4H3,(H3,26,27,28,29,30,32)/t13-/m0/s1. The first kappa shape index (κ1) is 24.6. The SMILES string of the molecule is Cc1nc2c(Nc3ccc(C4=NC(C)(C)CS4)cc3S(C)(=O)=O)cc(NC(=O)[C@@H]3CC3(F)F)nc2[nH]1. The molecule has 0 unspecified atom stereocenters. The number of fused-ring (bicyclic) bond motifs is 1. The number of pyridine rings is 1. The third-order valence-electron chi connectivity index (χ3n) is 5.83. The van der Waals surface area contributed by atoms with Crippen molar-refractivity contribution in [1.82, 2.24) is 15.0 Å². The van der Waals surface area contributed by atoms with Crippen LogP contribution in [-0.4, -0.2) is 57.8 Å². The van der Waals surface area contributed by atoms with E-state index >= 15 is 0 Å². The first-order chi connectivity index (χ1) is 16.7. The predicted molar refractivity (Wildman–Crippen MR) is 136 cm³/mol. The van der Waals surface area contributed by atoms with Crippen LogP contribution in [0.2, 0.25) is 0 Å². The number of alkyl halides is 2. The number of carbonyl (C=O) groups excluding carboxylic acids is 1. The quantitative estimate of drug-likeness (QED) is 0.430. The molecular formula is C23H24F2N6O3S2. The van der Waals surface area contributed by atoms with Crippen LogP contribution in [0.4, 0.5) is 26.0 Å². The van der Waals surface area contributed by atoms with Crippen LogP contribution in [-0.2, 0) is 14.6 Å². The highest BCUT2D eigenvalue weighted by molar-refractivity contribution is 8.14. The number of nitrogens with zero attached hydrogens (tertiary/aromatic N) is 3. The van der Waals surface area contributed by atoms with Crippen molar-refractivity contribution in [3.05, 3.63) is 35.7 Å². The van der Waals surface area contributed by atoms with Gasteiger partial charge in [-0.1, -0.05) is 6.07 Å². The summed E-state index contributed by atoms with van der Waals surface area (Å²) in [5.74, 6) is -3.85. The molecule has 5 rings (SSSR count). The van der Waals surface area contributed by atoms with Crippen LogP contribution >= 0.6 is 11.8 Å². The molecule has 190 valence electrons. The van der Waals surface area contributed by atoms with E-state index in [0.717, 1.165) is 17.1 Å². The molecule has 1 atom stereocenters. The molecule has 9 nitrogen and oxygen atoms in total. The zero-order valence-electron chi connectivity index (χ0n) is 19.9. The number of aryl methyl sites for hydroxylation is 1. The van der Waals surface area contributed by atoms with Gasteiger partial charge in [0.15, 0.2) is 15.5 Å². The normalized spacial score (nSPS) is 20.3. The summed E-state index contributed by atoms with van der Waals surface area (Å²) in [4.78, 5) is 28.6. The number of aromatic nitrogens is 3. The molecule has 3 aromatic rings. The Morgan fingerprint density at radius 2 is 1.92 bits per heavy atom. The van der Waals surface area contributed by atoms with Gasteiger partial charge in [0.1, 0.15) is 23.1 Å². The zero-order valence-corrected chi connectivity index (χ0v) is 21.6. The van der Waals surface area contributed by atoms with Gasteiger partial charge >= 0.3 is 0 Å². The van der Waals surface area contributed by atoms with Crippen LogP contribution < -0.4 is 10.6 Å². The number of thioether (sulfide) groups is 1. The summed E-state index contributed by atoms with van der Waals surface area (Å²) < 4.78 is 52.1. The Kier molecular flexibility index (Phi) is 5.63. The number of imidazole rings is 1. The van der Waals surface area contributed by atoms with Gasteiger partial charge in [-0.15, -0.1) is 11.8 Å². The first-order valence-corrected chi connectivity index (χ1v) is 14.0. The topological polar surface area (TPSA) is 129 Å². The minimum atomic E-state index is -3.65. The second-order valence-electron chi connectivity index (χ2n) is 9.71. The van der Waals surface area contributed by atoms with Crippen molar-refractivity contribution in [1.29, 1.82) is 0 Å². The van der Waals surface area contributed by atoms with Gasteiger partial charge in [-0.2, -0.15) is 0 Å². The average molecular weight is 535 g/mol. The summed E-state index contributed by atoms with van der Waals surface area (Å²) in [6.45, 7) is 5.75. The summed E-state index contributed by atoms with van der Waals surface area (Å²) in [6.07, 6.45) is 0.618. The Morgan fingerprint density at radius 3 is 2.53 bits per heavy atom. The molecule has 0 radical (unpaired) electrons. The Bertz CT molecular complexity index is 1550.